The number of hydrogen-bond acceptors (Lipinski definition) is 2. The van der Waals surface area contributed by atoms with Gasteiger partial charge in [-0.25, -0.2) is 0 Å². The van der Waals surface area contributed by atoms with Crippen LogP contribution in [0.5, 0.6) is 0 Å². The van der Waals surface area contributed by atoms with Gasteiger partial charge in [0, 0.05) is 17.5 Å². The number of fused-ring (bicyclic) bond motifs is 1. The smallest absolute Gasteiger partial charge is 0.162 e. The van der Waals surface area contributed by atoms with Crippen LogP contribution in [-0.2, 0) is 0 Å². The van der Waals surface area contributed by atoms with Gasteiger partial charge in [-0.1, -0.05) is 35.9 Å². The van der Waals surface area contributed by atoms with E-state index in [-0.39, 0.29) is 11.3 Å². The average Bonchev–Trinajstić information content (AvgIpc) is 2.34. The number of carbonyl (C=O) groups is 1. The molecule has 0 saturated carbocycles. The molecule has 0 aromatic heterocycles. The van der Waals surface area contributed by atoms with Crippen molar-refractivity contribution in [3.8, 4) is 0 Å². The van der Waals surface area contributed by atoms with Crippen molar-refractivity contribution in [1.82, 2.24) is 0 Å². The van der Waals surface area contributed by atoms with E-state index in [2.05, 4.69) is 25.1 Å². The first kappa shape index (κ1) is 13.8. The van der Waals surface area contributed by atoms with E-state index in [1.807, 2.05) is 32.0 Å². The van der Waals surface area contributed by atoms with Crippen molar-refractivity contribution < 1.29 is 4.79 Å². The maximum Gasteiger partial charge on any atom is 0.162 e. The number of rotatable bonds is 4. The zero-order valence-corrected chi connectivity index (χ0v) is 11.9. The van der Waals surface area contributed by atoms with Crippen LogP contribution in [0.15, 0.2) is 36.4 Å². The lowest BCUT2D eigenvalue weighted by molar-refractivity contribution is 0.0972. The van der Waals surface area contributed by atoms with Crippen molar-refractivity contribution in [2.75, 3.05) is 0 Å². The molecule has 0 saturated heterocycles. The molecule has 0 aliphatic rings. The van der Waals surface area contributed by atoms with Crippen LogP contribution in [0.4, 0.5) is 0 Å². The summed E-state index contributed by atoms with van der Waals surface area (Å²) in [5.74, 6) is 0.168. The summed E-state index contributed by atoms with van der Waals surface area (Å²) >= 11 is 0. The minimum absolute atomic E-state index is 0.168. The van der Waals surface area contributed by atoms with Gasteiger partial charge in [-0.15, -0.1) is 0 Å². The third-order valence-electron chi connectivity index (χ3n) is 3.31. The molecule has 0 aliphatic heterocycles. The SMILES string of the molecule is Cc1ccc2cc(C(=O)CCC(C)(C)N)ccc2c1. The summed E-state index contributed by atoms with van der Waals surface area (Å²) in [6.45, 7) is 5.97. The first-order chi connectivity index (χ1) is 8.85. The van der Waals surface area contributed by atoms with Gasteiger partial charge in [-0.3, -0.25) is 4.79 Å². The molecule has 0 atom stereocenters. The summed E-state index contributed by atoms with van der Waals surface area (Å²) in [6, 6.07) is 12.2. The predicted molar refractivity (Wildman–Crippen MR) is 80.5 cm³/mol. The second-order valence-electron chi connectivity index (χ2n) is 5.98. The van der Waals surface area contributed by atoms with E-state index >= 15 is 0 Å². The third-order valence-corrected chi connectivity index (χ3v) is 3.31. The highest BCUT2D eigenvalue weighted by Crippen LogP contribution is 2.19. The van der Waals surface area contributed by atoms with E-state index in [0.29, 0.717) is 12.8 Å². The van der Waals surface area contributed by atoms with Gasteiger partial charge >= 0.3 is 0 Å². The molecule has 0 aliphatic carbocycles. The van der Waals surface area contributed by atoms with Crippen LogP contribution in [0.1, 0.15) is 42.6 Å². The molecular formula is C17H21NO. The van der Waals surface area contributed by atoms with Crippen molar-refractivity contribution in [1.29, 1.82) is 0 Å². The second-order valence-corrected chi connectivity index (χ2v) is 5.98. The Labute approximate surface area is 114 Å². The third kappa shape index (κ3) is 3.65. The second kappa shape index (κ2) is 5.14. The van der Waals surface area contributed by atoms with Crippen LogP contribution in [0, 0.1) is 6.92 Å². The summed E-state index contributed by atoms with van der Waals surface area (Å²) in [7, 11) is 0. The van der Waals surface area contributed by atoms with Crippen molar-refractivity contribution in [3.63, 3.8) is 0 Å². The van der Waals surface area contributed by atoms with E-state index in [9.17, 15) is 4.79 Å². The predicted octanol–water partition coefficient (Wildman–Crippen LogP) is 3.85. The summed E-state index contributed by atoms with van der Waals surface area (Å²) in [4.78, 5) is 12.1. The van der Waals surface area contributed by atoms with Crippen LogP contribution in [0.2, 0.25) is 0 Å². The Kier molecular flexibility index (Phi) is 3.72. The number of carbonyl (C=O) groups excluding carboxylic acids is 1. The fourth-order valence-electron chi connectivity index (χ4n) is 2.12. The molecule has 2 nitrogen and oxygen atoms in total. The monoisotopic (exact) mass is 255 g/mol. The molecule has 2 aromatic carbocycles. The molecule has 0 bridgehead atoms. The molecule has 0 radical (unpaired) electrons. The topological polar surface area (TPSA) is 43.1 Å². The van der Waals surface area contributed by atoms with E-state index in [0.717, 1.165) is 10.9 Å². The minimum Gasteiger partial charge on any atom is -0.326 e. The highest BCUT2D eigenvalue weighted by atomic mass is 16.1. The molecule has 2 aromatic rings. The molecule has 0 amide bonds. The van der Waals surface area contributed by atoms with Gasteiger partial charge in [0.25, 0.3) is 0 Å². The maximum atomic E-state index is 12.1. The van der Waals surface area contributed by atoms with Crippen molar-refractivity contribution in [3.05, 3.63) is 47.5 Å². The number of aryl methyl sites for hydroxylation is 1. The van der Waals surface area contributed by atoms with Crippen LogP contribution in [0.25, 0.3) is 10.8 Å². The molecular weight excluding hydrogens is 234 g/mol. The van der Waals surface area contributed by atoms with Gasteiger partial charge in [0.15, 0.2) is 5.78 Å². The Hall–Kier alpha value is -1.67. The molecule has 0 unspecified atom stereocenters. The molecule has 2 heteroatoms. The lowest BCUT2D eigenvalue weighted by Gasteiger charge is -2.17. The van der Waals surface area contributed by atoms with Gasteiger partial charge in [0.2, 0.25) is 0 Å². The van der Waals surface area contributed by atoms with Gasteiger partial charge in [0.05, 0.1) is 0 Å². The molecule has 0 fully saturated rings. The fourth-order valence-corrected chi connectivity index (χ4v) is 2.12. The summed E-state index contributed by atoms with van der Waals surface area (Å²) in [5.41, 5.74) is 7.64. The zero-order valence-electron chi connectivity index (χ0n) is 11.9. The molecule has 2 N–H and O–H groups in total. The summed E-state index contributed by atoms with van der Waals surface area (Å²) in [6.07, 6.45) is 1.21. The largest absolute Gasteiger partial charge is 0.326 e. The highest BCUT2D eigenvalue weighted by molar-refractivity contribution is 6.00. The van der Waals surface area contributed by atoms with E-state index < -0.39 is 0 Å². The van der Waals surface area contributed by atoms with Crippen LogP contribution in [0.3, 0.4) is 0 Å². The van der Waals surface area contributed by atoms with Crippen LogP contribution < -0.4 is 5.73 Å². The Morgan fingerprint density at radius 3 is 2.42 bits per heavy atom. The fraction of sp³-hybridized carbons (Fsp3) is 0.353. The molecule has 0 spiro atoms. The van der Waals surface area contributed by atoms with Gasteiger partial charge in [-0.05, 0) is 44.0 Å². The summed E-state index contributed by atoms with van der Waals surface area (Å²) < 4.78 is 0. The number of Topliss-reactive ketones (excluding diaryl/α,β-unsaturated/α-hetero) is 1. The van der Waals surface area contributed by atoms with Gasteiger partial charge < -0.3 is 5.73 Å². The number of ketones is 1. The average molecular weight is 255 g/mol. The van der Waals surface area contributed by atoms with E-state index in [4.69, 9.17) is 5.73 Å². The Bertz CT molecular complexity index is 608. The quantitative estimate of drug-likeness (QED) is 0.843. The normalized spacial score (nSPS) is 11.8. The lowest BCUT2D eigenvalue weighted by Crippen LogP contribution is -2.32. The van der Waals surface area contributed by atoms with E-state index in [1.54, 1.807) is 0 Å². The molecule has 19 heavy (non-hydrogen) atoms. The van der Waals surface area contributed by atoms with Crippen molar-refractivity contribution in [2.24, 2.45) is 5.73 Å². The Morgan fingerprint density at radius 1 is 1.11 bits per heavy atom. The highest BCUT2D eigenvalue weighted by Gasteiger charge is 2.14. The Balaban J connectivity index is 2.21. The summed E-state index contributed by atoms with van der Waals surface area (Å²) in [5, 5.41) is 2.29. The Morgan fingerprint density at radius 2 is 1.74 bits per heavy atom. The first-order valence-corrected chi connectivity index (χ1v) is 6.68. The lowest BCUT2D eigenvalue weighted by atomic mass is 9.95. The zero-order chi connectivity index (χ0) is 14.0. The minimum atomic E-state index is -0.288. The molecule has 2 rings (SSSR count). The molecule has 0 heterocycles. The van der Waals surface area contributed by atoms with Crippen molar-refractivity contribution in [2.45, 2.75) is 39.2 Å². The van der Waals surface area contributed by atoms with Gasteiger partial charge in [-0.2, -0.15) is 0 Å². The number of benzene rings is 2. The van der Waals surface area contributed by atoms with Gasteiger partial charge in [0.1, 0.15) is 0 Å². The number of nitrogens with two attached hydrogens (primary N) is 1. The van der Waals surface area contributed by atoms with Crippen LogP contribution in [-0.4, -0.2) is 11.3 Å². The van der Waals surface area contributed by atoms with Crippen LogP contribution >= 0.6 is 0 Å². The van der Waals surface area contributed by atoms with Crippen molar-refractivity contribution >= 4 is 16.6 Å². The first-order valence-electron chi connectivity index (χ1n) is 6.68. The maximum absolute atomic E-state index is 12.1. The molecule has 100 valence electrons. The van der Waals surface area contributed by atoms with E-state index in [1.165, 1.54) is 10.9 Å². The number of hydrogen-bond donors (Lipinski definition) is 1. The standard InChI is InChI=1S/C17H21NO/c1-12-4-5-14-11-15(7-6-13(14)10-12)16(19)8-9-17(2,3)18/h4-7,10-11H,8-9,18H2,1-3H3.